The summed E-state index contributed by atoms with van der Waals surface area (Å²) in [5, 5.41) is 6.85. The lowest BCUT2D eigenvalue weighted by molar-refractivity contribution is 0.102. The van der Waals surface area contributed by atoms with E-state index in [0.717, 1.165) is 0 Å². The zero-order valence-corrected chi connectivity index (χ0v) is 11.1. The Labute approximate surface area is 121 Å². The number of hydrogen-bond acceptors (Lipinski definition) is 4. The third-order valence-corrected chi connectivity index (χ3v) is 2.95. The van der Waals surface area contributed by atoms with E-state index < -0.39 is 0 Å². The van der Waals surface area contributed by atoms with E-state index in [0.29, 0.717) is 22.8 Å². The molecule has 3 N–H and O–H groups in total. The van der Waals surface area contributed by atoms with Gasteiger partial charge in [-0.1, -0.05) is 12.1 Å². The van der Waals surface area contributed by atoms with Crippen LogP contribution >= 0.6 is 0 Å². The summed E-state index contributed by atoms with van der Waals surface area (Å²) in [7, 11) is 0. The van der Waals surface area contributed by atoms with Crippen LogP contribution < -0.4 is 11.1 Å². The molecular formula is C15H13N5O. The average Bonchev–Trinajstić information content (AvgIpc) is 3.02. The summed E-state index contributed by atoms with van der Waals surface area (Å²) < 4.78 is 1.64. The summed E-state index contributed by atoms with van der Waals surface area (Å²) in [5.41, 5.74) is 7.25. The van der Waals surface area contributed by atoms with E-state index in [1.165, 1.54) is 0 Å². The fourth-order valence-electron chi connectivity index (χ4n) is 1.90. The molecule has 0 bridgehead atoms. The number of anilines is 2. The molecule has 21 heavy (non-hydrogen) atoms. The van der Waals surface area contributed by atoms with Crippen LogP contribution in [0.4, 0.5) is 11.4 Å². The van der Waals surface area contributed by atoms with Crippen molar-refractivity contribution in [1.29, 1.82) is 0 Å². The van der Waals surface area contributed by atoms with E-state index in [-0.39, 0.29) is 5.91 Å². The third-order valence-electron chi connectivity index (χ3n) is 2.95. The molecule has 0 radical (unpaired) electrons. The first-order chi connectivity index (χ1) is 10.2. The number of amides is 1. The number of benzene rings is 1. The second kappa shape index (κ2) is 5.46. The Bertz CT molecular complexity index is 750. The van der Waals surface area contributed by atoms with E-state index in [9.17, 15) is 4.79 Å². The van der Waals surface area contributed by atoms with Crippen LogP contribution in [0.25, 0.3) is 5.82 Å². The molecule has 0 aliphatic rings. The summed E-state index contributed by atoms with van der Waals surface area (Å²) in [6.45, 7) is 0. The zero-order chi connectivity index (χ0) is 14.7. The molecule has 104 valence electrons. The summed E-state index contributed by atoms with van der Waals surface area (Å²) in [5.74, 6) is 0.416. The lowest BCUT2D eigenvalue weighted by Gasteiger charge is -2.07. The van der Waals surface area contributed by atoms with E-state index in [4.69, 9.17) is 5.73 Å². The Morgan fingerprint density at radius 2 is 2.00 bits per heavy atom. The molecule has 2 aromatic heterocycles. The maximum Gasteiger partial charge on any atom is 0.257 e. The predicted molar refractivity (Wildman–Crippen MR) is 80.2 cm³/mol. The minimum atomic E-state index is -0.262. The maximum atomic E-state index is 12.1. The van der Waals surface area contributed by atoms with Gasteiger partial charge in [0.1, 0.15) is 0 Å². The van der Waals surface area contributed by atoms with Gasteiger partial charge in [-0.3, -0.25) is 4.79 Å². The summed E-state index contributed by atoms with van der Waals surface area (Å²) in [4.78, 5) is 16.4. The van der Waals surface area contributed by atoms with Crippen molar-refractivity contribution in [3.05, 3.63) is 66.6 Å². The van der Waals surface area contributed by atoms with E-state index in [1.807, 2.05) is 6.07 Å². The number of carbonyl (C=O) groups is 1. The molecule has 6 heteroatoms. The molecule has 3 aromatic rings. The van der Waals surface area contributed by atoms with Gasteiger partial charge >= 0.3 is 0 Å². The number of para-hydroxylation sites is 1. The topological polar surface area (TPSA) is 85.8 Å². The molecule has 0 aliphatic heterocycles. The van der Waals surface area contributed by atoms with Gasteiger partial charge in [-0.2, -0.15) is 5.10 Å². The van der Waals surface area contributed by atoms with Crippen LogP contribution in [-0.2, 0) is 0 Å². The largest absolute Gasteiger partial charge is 0.398 e. The number of nitrogens with zero attached hydrogens (tertiary/aromatic N) is 3. The predicted octanol–water partition coefficient (Wildman–Crippen LogP) is 2.10. The smallest absolute Gasteiger partial charge is 0.257 e. The van der Waals surface area contributed by atoms with Gasteiger partial charge in [0, 0.05) is 18.1 Å². The normalized spacial score (nSPS) is 10.3. The summed E-state index contributed by atoms with van der Waals surface area (Å²) in [6, 6.07) is 12.3. The van der Waals surface area contributed by atoms with E-state index >= 15 is 0 Å². The SMILES string of the molecule is Nc1ccccc1C(=O)Nc1ccc(-n2cccn2)nc1. The molecule has 0 atom stereocenters. The fraction of sp³-hybridized carbons (Fsp3) is 0. The van der Waals surface area contributed by atoms with Gasteiger partial charge in [-0.25, -0.2) is 9.67 Å². The highest BCUT2D eigenvalue weighted by atomic mass is 16.1. The number of pyridine rings is 1. The Kier molecular flexibility index (Phi) is 3.34. The third kappa shape index (κ3) is 2.74. The summed E-state index contributed by atoms with van der Waals surface area (Å²) >= 11 is 0. The van der Waals surface area contributed by atoms with Crippen molar-refractivity contribution < 1.29 is 4.79 Å². The van der Waals surface area contributed by atoms with Crippen LogP contribution in [0.1, 0.15) is 10.4 Å². The van der Waals surface area contributed by atoms with E-state index in [2.05, 4.69) is 15.4 Å². The number of nitrogen functional groups attached to an aromatic ring is 1. The number of nitrogens with two attached hydrogens (primary N) is 1. The molecule has 6 nitrogen and oxygen atoms in total. The molecule has 0 saturated heterocycles. The maximum absolute atomic E-state index is 12.1. The average molecular weight is 279 g/mol. The molecule has 0 aliphatic carbocycles. The minimum absolute atomic E-state index is 0.262. The van der Waals surface area contributed by atoms with Crippen LogP contribution in [0.2, 0.25) is 0 Å². The number of carbonyl (C=O) groups excluding carboxylic acids is 1. The van der Waals surface area contributed by atoms with Crippen molar-refractivity contribution in [2.75, 3.05) is 11.1 Å². The molecule has 2 heterocycles. The van der Waals surface area contributed by atoms with Gasteiger partial charge in [-0.05, 0) is 30.3 Å². The van der Waals surface area contributed by atoms with Crippen LogP contribution in [0.15, 0.2) is 61.1 Å². The van der Waals surface area contributed by atoms with Crippen molar-refractivity contribution in [3.63, 3.8) is 0 Å². The standard InChI is InChI=1S/C15H13N5O/c16-13-5-2-1-4-12(13)15(21)19-11-6-7-14(17-10-11)20-9-3-8-18-20/h1-10H,16H2,(H,19,21). The minimum Gasteiger partial charge on any atom is -0.398 e. The molecule has 1 aromatic carbocycles. The molecule has 0 saturated carbocycles. The second-order valence-corrected chi connectivity index (χ2v) is 4.40. The second-order valence-electron chi connectivity index (χ2n) is 4.40. The van der Waals surface area contributed by atoms with Crippen LogP contribution in [-0.4, -0.2) is 20.7 Å². The molecule has 3 rings (SSSR count). The quantitative estimate of drug-likeness (QED) is 0.719. The number of hydrogen-bond donors (Lipinski definition) is 2. The zero-order valence-electron chi connectivity index (χ0n) is 11.1. The van der Waals surface area contributed by atoms with Gasteiger partial charge in [0.2, 0.25) is 0 Å². The Morgan fingerprint density at radius 1 is 1.14 bits per heavy atom. The number of nitrogens with one attached hydrogen (secondary N) is 1. The Morgan fingerprint density at radius 3 is 2.67 bits per heavy atom. The van der Waals surface area contributed by atoms with E-state index in [1.54, 1.807) is 59.7 Å². The lowest BCUT2D eigenvalue weighted by Crippen LogP contribution is -2.14. The lowest BCUT2D eigenvalue weighted by atomic mass is 10.1. The summed E-state index contributed by atoms with van der Waals surface area (Å²) in [6.07, 6.45) is 5.05. The van der Waals surface area contributed by atoms with Gasteiger partial charge < -0.3 is 11.1 Å². The Balaban J connectivity index is 1.77. The van der Waals surface area contributed by atoms with Crippen molar-refractivity contribution >= 4 is 17.3 Å². The monoisotopic (exact) mass is 279 g/mol. The van der Waals surface area contributed by atoms with Crippen LogP contribution in [0, 0.1) is 0 Å². The van der Waals surface area contributed by atoms with Crippen molar-refractivity contribution in [2.24, 2.45) is 0 Å². The highest BCUT2D eigenvalue weighted by Gasteiger charge is 2.09. The first-order valence-corrected chi connectivity index (χ1v) is 6.36. The van der Waals surface area contributed by atoms with Crippen molar-refractivity contribution in [1.82, 2.24) is 14.8 Å². The van der Waals surface area contributed by atoms with Gasteiger partial charge in [0.15, 0.2) is 5.82 Å². The molecule has 1 amide bonds. The molecular weight excluding hydrogens is 266 g/mol. The first-order valence-electron chi connectivity index (χ1n) is 6.36. The van der Waals surface area contributed by atoms with Crippen LogP contribution in [0.3, 0.4) is 0 Å². The van der Waals surface area contributed by atoms with Gasteiger partial charge in [0.25, 0.3) is 5.91 Å². The van der Waals surface area contributed by atoms with Gasteiger partial charge in [-0.15, -0.1) is 0 Å². The molecule has 0 fully saturated rings. The highest BCUT2D eigenvalue weighted by Crippen LogP contribution is 2.14. The van der Waals surface area contributed by atoms with Crippen LogP contribution in [0.5, 0.6) is 0 Å². The van der Waals surface area contributed by atoms with Crippen molar-refractivity contribution in [3.8, 4) is 5.82 Å². The number of aromatic nitrogens is 3. The van der Waals surface area contributed by atoms with Gasteiger partial charge in [0.05, 0.1) is 17.4 Å². The molecule has 0 unspecified atom stereocenters. The first kappa shape index (κ1) is 12.9. The Hall–Kier alpha value is -3.15. The fourth-order valence-corrected chi connectivity index (χ4v) is 1.90. The highest BCUT2D eigenvalue weighted by molar-refractivity contribution is 6.07. The van der Waals surface area contributed by atoms with Crippen molar-refractivity contribution in [2.45, 2.75) is 0 Å². The molecule has 0 spiro atoms. The number of rotatable bonds is 3.